The molecule has 0 amide bonds. The van der Waals surface area contributed by atoms with Gasteiger partial charge in [0.05, 0.1) is 6.10 Å². The predicted octanol–water partition coefficient (Wildman–Crippen LogP) is -1.21. The normalized spacial score (nSPS) is 44.7. The molecule has 4 nitrogen and oxygen atoms in total. The van der Waals surface area contributed by atoms with E-state index in [1.54, 1.807) is 0 Å². The molecule has 1 aliphatic heterocycles. The molecule has 66 valence electrons. The van der Waals surface area contributed by atoms with Crippen LogP contribution in [0.2, 0.25) is 0 Å². The lowest BCUT2D eigenvalue weighted by atomic mass is 10.2. The van der Waals surface area contributed by atoms with Gasteiger partial charge in [0.2, 0.25) is 0 Å². The van der Waals surface area contributed by atoms with Crippen LogP contribution >= 0.6 is 11.8 Å². The Morgan fingerprint density at radius 2 is 1.91 bits per heavy atom. The Balaban J connectivity index is 2.45. The van der Waals surface area contributed by atoms with Crippen LogP contribution < -0.4 is 0 Å². The predicted molar refractivity (Wildman–Crippen MR) is 41.3 cm³/mol. The summed E-state index contributed by atoms with van der Waals surface area (Å²) in [5.41, 5.74) is 0. The molecule has 1 aliphatic rings. The summed E-state index contributed by atoms with van der Waals surface area (Å²) >= 11 is 1.50. The number of rotatable bonds is 2. The van der Waals surface area contributed by atoms with Crippen molar-refractivity contribution in [2.45, 2.75) is 24.6 Å². The lowest BCUT2D eigenvalue weighted by molar-refractivity contribution is -0.123. The zero-order valence-corrected chi connectivity index (χ0v) is 6.99. The van der Waals surface area contributed by atoms with Gasteiger partial charge in [0.15, 0.2) is 6.29 Å². The number of ether oxygens (including phenoxy) is 1. The summed E-state index contributed by atoms with van der Waals surface area (Å²) in [6.07, 6.45) is -1.94. The van der Waals surface area contributed by atoms with E-state index in [2.05, 4.69) is 0 Å². The van der Waals surface area contributed by atoms with Crippen LogP contribution in [0.25, 0.3) is 0 Å². The first-order valence-electron chi connectivity index (χ1n) is 3.35. The zero-order valence-electron chi connectivity index (χ0n) is 6.17. The zero-order chi connectivity index (χ0) is 8.43. The van der Waals surface area contributed by atoms with Crippen LogP contribution in [0.4, 0.5) is 0 Å². The van der Waals surface area contributed by atoms with Crippen LogP contribution in [0.5, 0.6) is 0 Å². The van der Waals surface area contributed by atoms with E-state index in [1.807, 2.05) is 6.26 Å². The first kappa shape index (κ1) is 9.28. The highest BCUT2D eigenvalue weighted by atomic mass is 32.2. The smallest absolute Gasteiger partial charge is 0.183 e. The second-order valence-corrected chi connectivity index (χ2v) is 3.41. The highest BCUT2D eigenvalue weighted by Crippen LogP contribution is 2.21. The van der Waals surface area contributed by atoms with Crippen LogP contribution in [0.3, 0.4) is 0 Å². The van der Waals surface area contributed by atoms with Crippen molar-refractivity contribution in [1.82, 2.24) is 0 Å². The van der Waals surface area contributed by atoms with Gasteiger partial charge in [0, 0.05) is 5.75 Å². The number of hydrogen-bond donors (Lipinski definition) is 3. The lowest BCUT2D eigenvalue weighted by Gasteiger charge is -2.11. The fourth-order valence-corrected chi connectivity index (χ4v) is 1.64. The van der Waals surface area contributed by atoms with Gasteiger partial charge >= 0.3 is 0 Å². The molecule has 0 aromatic carbocycles. The maximum Gasteiger partial charge on any atom is 0.183 e. The van der Waals surface area contributed by atoms with Gasteiger partial charge in [-0.25, -0.2) is 0 Å². The molecule has 1 rings (SSSR count). The van der Waals surface area contributed by atoms with Crippen molar-refractivity contribution < 1.29 is 20.1 Å². The Morgan fingerprint density at radius 3 is 2.27 bits per heavy atom. The minimum atomic E-state index is -1.23. The van der Waals surface area contributed by atoms with Gasteiger partial charge in [0.1, 0.15) is 12.2 Å². The van der Waals surface area contributed by atoms with E-state index in [4.69, 9.17) is 14.9 Å². The molecule has 1 saturated heterocycles. The standard InChI is InChI=1S/C6H12O4S/c1-11-2-3-4(7)5(8)6(9)10-3/h3-9H,2H2,1H3/t3-,4?,5?,6+/m1/s1. The van der Waals surface area contributed by atoms with Crippen LogP contribution in [-0.2, 0) is 4.74 Å². The summed E-state index contributed by atoms with van der Waals surface area (Å²) in [6, 6.07) is 0. The highest BCUT2D eigenvalue weighted by molar-refractivity contribution is 7.98. The highest BCUT2D eigenvalue weighted by Gasteiger charge is 2.41. The Hall–Kier alpha value is 0.190. The van der Waals surface area contributed by atoms with E-state index in [9.17, 15) is 5.11 Å². The molecule has 5 heteroatoms. The molecule has 1 fully saturated rings. The van der Waals surface area contributed by atoms with Gasteiger partial charge in [0.25, 0.3) is 0 Å². The van der Waals surface area contributed by atoms with Gasteiger partial charge < -0.3 is 20.1 Å². The Morgan fingerprint density at radius 1 is 1.27 bits per heavy atom. The SMILES string of the molecule is CSC[C@H]1O[C@H](O)C(O)C1O. The number of thioether (sulfide) groups is 1. The van der Waals surface area contributed by atoms with Gasteiger partial charge in [-0.05, 0) is 6.26 Å². The molecule has 2 unspecified atom stereocenters. The third kappa shape index (κ3) is 1.86. The lowest BCUT2D eigenvalue weighted by Crippen LogP contribution is -2.33. The average Bonchev–Trinajstić information content (AvgIpc) is 2.19. The molecule has 11 heavy (non-hydrogen) atoms. The van der Waals surface area contributed by atoms with Crippen molar-refractivity contribution in [2.24, 2.45) is 0 Å². The van der Waals surface area contributed by atoms with Gasteiger partial charge in [-0.2, -0.15) is 11.8 Å². The number of aliphatic hydroxyl groups is 3. The fourth-order valence-electron chi connectivity index (χ4n) is 1.03. The molecule has 3 N–H and O–H groups in total. The van der Waals surface area contributed by atoms with E-state index >= 15 is 0 Å². The van der Waals surface area contributed by atoms with Crippen molar-refractivity contribution in [3.8, 4) is 0 Å². The molecule has 0 bridgehead atoms. The van der Waals surface area contributed by atoms with Crippen molar-refractivity contribution in [3.05, 3.63) is 0 Å². The van der Waals surface area contributed by atoms with Gasteiger partial charge in [-0.3, -0.25) is 0 Å². The molecule has 1 heterocycles. The molecule has 0 aliphatic carbocycles. The number of hydrogen-bond acceptors (Lipinski definition) is 5. The summed E-state index contributed by atoms with van der Waals surface area (Å²) < 4.78 is 4.86. The minimum Gasteiger partial charge on any atom is -0.387 e. The van der Waals surface area contributed by atoms with Gasteiger partial charge in [-0.1, -0.05) is 0 Å². The Labute approximate surface area is 69.2 Å². The molecule has 0 aromatic rings. The van der Waals surface area contributed by atoms with Crippen molar-refractivity contribution in [1.29, 1.82) is 0 Å². The average molecular weight is 180 g/mol. The van der Waals surface area contributed by atoms with Crippen molar-refractivity contribution in [3.63, 3.8) is 0 Å². The molecule has 0 spiro atoms. The molecular formula is C6H12O4S. The van der Waals surface area contributed by atoms with Crippen LogP contribution in [0.1, 0.15) is 0 Å². The van der Waals surface area contributed by atoms with E-state index in [1.165, 1.54) is 11.8 Å². The van der Waals surface area contributed by atoms with Crippen LogP contribution in [0.15, 0.2) is 0 Å². The minimum absolute atomic E-state index is 0.449. The molecule has 4 atom stereocenters. The third-order valence-electron chi connectivity index (χ3n) is 1.67. The van der Waals surface area contributed by atoms with E-state index < -0.39 is 24.6 Å². The van der Waals surface area contributed by atoms with Crippen LogP contribution in [-0.4, -0.2) is 51.9 Å². The second-order valence-electron chi connectivity index (χ2n) is 2.50. The molecule has 0 radical (unpaired) electrons. The maximum absolute atomic E-state index is 9.21. The summed E-state index contributed by atoms with van der Waals surface area (Å²) in [4.78, 5) is 0. The Kier molecular flexibility index (Phi) is 3.15. The summed E-state index contributed by atoms with van der Waals surface area (Å²) in [5.74, 6) is 0.579. The summed E-state index contributed by atoms with van der Waals surface area (Å²) in [5, 5.41) is 27.2. The Bertz CT molecular complexity index is 132. The second kappa shape index (κ2) is 3.73. The number of aliphatic hydroxyl groups excluding tert-OH is 3. The quantitative estimate of drug-likeness (QED) is 0.497. The topological polar surface area (TPSA) is 69.9 Å². The van der Waals surface area contributed by atoms with E-state index in [-0.39, 0.29) is 0 Å². The molecule has 0 saturated carbocycles. The molecular weight excluding hydrogens is 168 g/mol. The van der Waals surface area contributed by atoms with E-state index in [0.29, 0.717) is 5.75 Å². The molecule has 0 aromatic heterocycles. The van der Waals surface area contributed by atoms with E-state index in [0.717, 1.165) is 0 Å². The van der Waals surface area contributed by atoms with Crippen molar-refractivity contribution >= 4 is 11.8 Å². The first-order chi connectivity index (χ1) is 5.16. The maximum atomic E-state index is 9.21. The monoisotopic (exact) mass is 180 g/mol. The van der Waals surface area contributed by atoms with Crippen LogP contribution in [0, 0.1) is 0 Å². The summed E-state index contributed by atoms with van der Waals surface area (Å²) in [7, 11) is 0. The largest absolute Gasteiger partial charge is 0.387 e. The van der Waals surface area contributed by atoms with Gasteiger partial charge in [-0.15, -0.1) is 0 Å². The third-order valence-corrected chi connectivity index (χ3v) is 2.33. The first-order valence-corrected chi connectivity index (χ1v) is 4.75. The fraction of sp³-hybridized carbons (Fsp3) is 1.00. The summed E-state index contributed by atoms with van der Waals surface area (Å²) in [6.45, 7) is 0. The van der Waals surface area contributed by atoms with Crippen molar-refractivity contribution in [2.75, 3.05) is 12.0 Å².